The molecule has 0 unspecified atom stereocenters. The number of fused-ring (bicyclic) bond motifs is 1. The summed E-state index contributed by atoms with van der Waals surface area (Å²) >= 11 is 0. The van der Waals surface area contributed by atoms with Crippen LogP contribution < -0.4 is 5.32 Å². The second-order valence-electron chi connectivity index (χ2n) is 9.29. The zero-order valence-corrected chi connectivity index (χ0v) is 19.2. The Morgan fingerprint density at radius 2 is 1.97 bits per heavy atom. The Kier molecular flexibility index (Phi) is 6.17. The zero-order valence-electron chi connectivity index (χ0n) is 19.2. The van der Waals surface area contributed by atoms with Gasteiger partial charge in [-0.1, -0.05) is 12.1 Å². The van der Waals surface area contributed by atoms with Crippen molar-refractivity contribution in [1.82, 2.24) is 15.2 Å². The Balaban J connectivity index is 1.58. The highest BCUT2D eigenvalue weighted by molar-refractivity contribution is 6.25. The number of rotatable bonds is 3. The molecule has 2 atom stereocenters. The van der Waals surface area contributed by atoms with Crippen molar-refractivity contribution < 1.29 is 27.5 Å². The minimum atomic E-state index is -4.84. The molecule has 1 aromatic rings. The van der Waals surface area contributed by atoms with E-state index in [9.17, 15) is 27.5 Å². The number of likely N-dealkylation sites (tertiary alicyclic amines) is 1. The van der Waals surface area contributed by atoms with Gasteiger partial charge in [0, 0.05) is 18.7 Å². The summed E-state index contributed by atoms with van der Waals surface area (Å²) in [7, 11) is 0. The Labute approximate surface area is 194 Å². The van der Waals surface area contributed by atoms with Gasteiger partial charge in [0.05, 0.1) is 35.4 Å². The third-order valence-corrected chi connectivity index (χ3v) is 6.32. The number of amidine groups is 2. The summed E-state index contributed by atoms with van der Waals surface area (Å²) in [5.74, 6) is -1.07. The van der Waals surface area contributed by atoms with Crippen molar-refractivity contribution in [3.8, 4) is 0 Å². The second kappa shape index (κ2) is 8.68. The number of benzene rings is 1. The van der Waals surface area contributed by atoms with E-state index >= 15 is 0 Å². The quantitative estimate of drug-likeness (QED) is 0.650. The second-order valence-corrected chi connectivity index (χ2v) is 9.29. The van der Waals surface area contributed by atoms with Crippen molar-refractivity contribution >= 4 is 17.6 Å². The van der Waals surface area contributed by atoms with Crippen LogP contribution in [0.2, 0.25) is 0 Å². The maximum atomic E-state index is 14.6. The molecule has 4 rings (SSSR count). The Hall–Kier alpha value is -2.95. The standard InChI is InChI=1S/C23H27F4N5O2/c1-13-12-32-20(28-13)16(11-18(30-32)31-9-7-22(3,34)8-10-31)21(33)29-14(2)15-5-4-6-17(19(15)24)23(25,26)27/h4-6,11,13-14,34H,7-10,12H2,1-3H3,(H,29,33)/t13-,14-/m1/s1. The van der Waals surface area contributed by atoms with Crippen LogP contribution >= 0.6 is 0 Å². The number of carbonyl (C=O) groups is 1. The van der Waals surface area contributed by atoms with Crippen LogP contribution in [0.5, 0.6) is 0 Å². The first-order chi connectivity index (χ1) is 15.9. The smallest absolute Gasteiger partial charge is 0.390 e. The minimum absolute atomic E-state index is 0.102. The van der Waals surface area contributed by atoms with Gasteiger partial charge in [-0.2, -0.15) is 18.3 Å². The van der Waals surface area contributed by atoms with E-state index in [2.05, 4.69) is 15.4 Å². The van der Waals surface area contributed by atoms with Crippen LogP contribution in [0.25, 0.3) is 0 Å². The molecule has 3 aliphatic heterocycles. The number of alkyl halides is 3. The Bertz CT molecular complexity index is 1070. The van der Waals surface area contributed by atoms with Gasteiger partial charge < -0.3 is 15.3 Å². The van der Waals surface area contributed by atoms with Gasteiger partial charge in [-0.15, -0.1) is 0 Å². The van der Waals surface area contributed by atoms with Crippen LogP contribution in [0.4, 0.5) is 17.6 Å². The molecule has 1 saturated heterocycles. The summed E-state index contributed by atoms with van der Waals surface area (Å²) in [5.41, 5.74) is -2.18. The SMILES string of the molecule is C[C@@H]1CN2N=C(N3CCC(C)(O)CC3)C=C(C(=O)N[C@H](C)c3cccc(C(F)(F)F)c3F)C2=N1. The molecule has 0 aromatic heterocycles. The zero-order chi connectivity index (χ0) is 24.8. The lowest BCUT2D eigenvalue weighted by Gasteiger charge is -2.38. The molecule has 1 fully saturated rings. The highest BCUT2D eigenvalue weighted by Crippen LogP contribution is 2.34. The molecule has 3 aliphatic rings. The van der Waals surface area contributed by atoms with E-state index in [1.807, 2.05) is 11.8 Å². The first-order valence-electron chi connectivity index (χ1n) is 11.2. The topological polar surface area (TPSA) is 80.5 Å². The summed E-state index contributed by atoms with van der Waals surface area (Å²) in [6.45, 7) is 6.68. The van der Waals surface area contributed by atoms with E-state index in [0.717, 1.165) is 6.07 Å². The number of nitrogens with zero attached hydrogens (tertiary/aromatic N) is 4. The van der Waals surface area contributed by atoms with Gasteiger partial charge >= 0.3 is 6.18 Å². The van der Waals surface area contributed by atoms with Gasteiger partial charge in [-0.25, -0.2) is 9.40 Å². The third kappa shape index (κ3) is 4.79. The van der Waals surface area contributed by atoms with Crippen molar-refractivity contribution in [3.05, 3.63) is 46.8 Å². The number of piperidine rings is 1. The van der Waals surface area contributed by atoms with Crippen LogP contribution in [-0.4, -0.2) is 63.9 Å². The molecule has 0 spiro atoms. The van der Waals surface area contributed by atoms with Crippen LogP contribution in [-0.2, 0) is 11.0 Å². The number of aliphatic imine (C=N–C) groups is 1. The van der Waals surface area contributed by atoms with E-state index in [-0.39, 0.29) is 17.2 Å². The lowest BCUT2D eigenvalue weighted by Crippen LogP contribution is -2.47. The molecule has 0 radical (unpaired) electrons. The molecule has 34 heavy (non-hydrogen) atoms. The van der Waals surface area contributed by atoms with Crippen molar-refractivity contribution in [1.29, 1.82) is 0 Å². The summed E-state index contributed by atoms with van der Waals surface area (Å²) in [6.07, 6.45) is -2.15. The van der Waals surface area contributed by atoms with E-state index in [4.69, 9.17) is 0 Å². The van der Waals surface area contributed by atoms with E-state index in [1.165, 1.54) is 13.0 Å². The number of halogens is 4. The molecule has 3 heterocycles. The fraction of sp³-hybridized carbons (Fsp3) is 0.522. The number of hydrogen-bond donors (Lipinski definition) is 2. The summed E-state index contributed by atoms with van der Waals surface area (Å²) in [5, 5.41) is 19.1. The van der Waals surface area contributed by atoms with Crippen LogP contribution in [0.3, 0.4) is 0 Å². The Morgan fingerprint density at radius 3 is 2.62 bits per heavy atom. The average molecular weight is 481 g/mol. The normalized spacial score (nSPS) is 23.1. The highest BCUT2D eigenvalue weighted by Gasteiger charge is 2.37. The molecule has 2 N–H and O–H groups in total. The van der Waals surface area contributed by atoms with Crippen LogP contribution in [0.15, 0.2) is 39.9 Å². The van der Waals surface area contributed by atoms with Gasteiger partial charge in [0.25, 0.3) is 5.91 Å². The number of aliphatic hydroxyl groups is 1. The van der Waals surface area contributed by atoms with Gasteiger partial charge in [-0.05, 0) is 45.8 Å². The monoisotopic (exact) mass is 481 g/mol. The van der Waals surface area contributed by atoms with E-state index < -0.39 is 35.1 Å². The maximum absolute atomic E-state index is 14.6. The van der Waals surface area contributed by atoms with Crippen molar-refractivity contribution in [2.24, 2.45) is 10.1 Å². The van der Waals surface area contributed by atoms with Gasteiger partial charge in [0.2, 0.25) is 0 Å². The number of amides is 1. The highest BCUT2D eigenvalue weighted by atomic mass is 19.4. The van der Waals surface area contributed by atoms with E-state index in [1.54, 1.807) is 18.0 Å². The van der Waals surface area contributed by atoms with E-state index in [0.29, 0.717) is 50.2 Å². The first-order valence-corrected chi connectivity index (χ1v) is 11.2. The van der Waals surface area contributed by atoms with Gasteiger partial charge in [-0.3, -0.25) is 9.79 Å². The first kappa shape index (κ1) is 24.2. The summed E-state index contributed by atoms with van der Waals surface area (Å²) in [4.78, 5) is 19.7. The maximum Gasteiger partial charge on any atom is 0.419 e. The summed E-state index contributed by atoms with van der Waals surface area (Å²) < 4.78 is 53.9. The average Bonchev–Trinajstić information content (AvgIpc) is 3.12. The van der Waals surface area contributed by atoms with Gasteiger partial charge in [0.15, 0.2) is 5.84 Å². The fourth-order valence-corrected chi connectivity index (χ4v) is 4.29. The third-order valence-electron chi connectivity index (χ3n) is 6.32. The minimum Gasteiger partial charge on any atom is -0.390 e. The number of hydrazone groups is 1. The molecule has 0 aliphatic carbocycles. The molecule has 184 valence electrons. The lowest BCUT2D eigenvalue weighted by molar-refractivity contribution is -0.140. The van der Waals surface area contributed by atoms with Gasteiger partial charge in [0.1, 0.15) is 11.7 Å². The van der Waals surface area contributed by atoms with Crippen molar-refractivity contribution in [3.63, 3.8) is 0 Å². The van der Waals surface area contributed by atoms with Crippen molar-refractivity contribution in [2.75, 3.05) is 19.6 Å². The fourth-order valence-electron chi connectivity index (χ4n) is 4.29. The molecular formula is C23H27F4N5O2. The molecular weight excluding hydrogens is 454 g/mol. The predicted molar refractivity (Wildman–Crippen MR) is 119 cm³/mol. The number of nitrogens with one attached hydrogen (secondary N) is 1. The van der Waals surface area contributed by atoms with Crippen molar-refractivity contribution in [2.45, 2.75) is 57.5 Å². The molecule has 0 bridgehead atoms. The summed E-state index contributed by atoms with van der Waals surface area (Å²) in [6, 6.07) is 1.89. The molecule has 11 heteroatoms. The predicted octanol–water partition coefficient (Wildman–Crippen LogP) is 3.22. The molecule has 1 amide bonds. The lowest BCUT2D eigenvalue weighted by atomic mass is 9.93. The molecule has 0 saturated carbocycles. The molecule has 7 nitrogen and oxygen atoms in total. The van der Waals surface area contributed by atoms with Crippen LogP contribution in [0, 0.1) is 5.82 Å². The molecule has 1 aromatic carbocycles. The Morgan fingerprint density at radius 1 is 1.29 bits per heavy atom. The number of hydrogen-bond acceptors (Lipinski definition) is 6. The largest absolute Gasteiger partial charge is 0.419 e. The van der Waals surface area contributed by atoms with Crippen LogP contribution in [0.1, 0.15) is 50.8 Å². The number of carbonyl (C=O) groups excluding carboxylic acids is 1.